The monoisotopic (exact) mass is 342 g/mol. The van der Waals surface area contributed by atoms with Crippen LogP contribution in [0, 0.1) is 0 Å². The average molecular weight is 343 g/mol. The summed E-state index contributed by atoms with van der Waals surface area (Å²) in [5, 5.41) is 20.9. The van der Waals surface area contributed by atoms with Gasteiger partial charge in [0.25, 0.3) is 0 Å². The zero-order chi connectivity index (χ0) is 14.7. The van der Waals surface area contributed by atoms with E-state index in [0.29, 0.717) is 16.7 Å². The number of urea groups is 1. The van der Waals surface area contributed by atoms with Crippen LogP contribution in [0.15, 0.2) is 22.7 Å². The number of aliphatic hydroxyl groups is 1. The molecule has 1 aromatic rings. The molecule has 1 unspecified atom stereocenters. The average Bonchev–Trinajstić information content (AvgIpc) is 2.86. The molecule has 1 fully saturated rings. The van der Waals surface area contributed by atoms with Gasteiger partial charge < -0.3 is 20.4 Å². The molecule has 20 heavy (non-hydrogen) atoms. The van der Waals surface area contributed by atoms with Gasteiger partial charge in [-0.05, 0) is 31.0 Å². The number of carbonyl (C=O) groups is 2. The first-order valence-electron chi connectivity index (χ1n) is 6.23. The third-order valence-electron chi connectivity index (χ3n) is 3.24. The molecule has 6 nitrogen and oxygen atoms in total. The number of anilines is 1. The fraction of sp³-hybridized carbons (Fsp3) is 0.385. The van der Waals surface area contributed by atoms with E-state index in [0.717, 1.165) is 12.8 Å². The predicted molar refractivity (Wildman–Crippen MR) is 76.9 cm³/mol. The number of carboxylic acids is 1. The summed E-state index contributed by atoms with van der Waals surface area (Å²) < 4.78 is 0.577. The van der Waals surface area contributed by atoms with Crippen molar-refractivity contribution in [2.45, 2.75) is 18.9 Å². The van der Waals surface area contributed by atoms with Gasteiger partial charge in [0, 0.05) is 16.7 Å². The summed E-state index contributed by atoms with van der Waals surface area (Å²) in [6.07, 6.45) is 1.64. The Labute approximate surface area is 124 Å². The fourth-order valence-corrected chi connectivity index (χ4v) is 2.77. The third-order valence-corrected chi connectivity index (χ3v) is 3.70. The van der Waals surface area contributed by atoms with E-state index in [2.05, 4.69) is 21.2 Å². The Morgan fingerprint density at radius 3 is 2.80 bits per heavy atom. The Morgan fingerprint density at radius 2 is 2.15 bits per heavy atom. The Morgan fingerprint density at radius 1 is 1.40 bits per heavy atom. The van der Waals surface area contributed by atoms with E-state index in [1.807, 2.05) is 0 Å². The minimum atomic E-state index is -1.06. The Kier molecular flexibility index (Phi) is 4.61. The minimum Gasteiger partial charge on any atom is -0.478 e. The second-order valence-electron chi connectivity index (χ2n) is 4.64. The Hall–Kier alpha value is -1.60. The van der Waals surface area contributed by atoms with Crippen LogP contribution in [0.25, 0.3) is 0 Å². The van der Waals surface area contributed by atoms with E-state index in [-0.39, 0.29) is 24.2 Å². The molecule has 2 amide bonds. The third kappa shape index (κ3) is 3.29. The van der Waals surface area contributed by atoms with Crippen LogP contribution >= 0.6 is 15.9 Å². The van der Waals surface area contributed by atoms with Crippen LogP contribution in [0.1, 0.15) is 23.2 Å². The number of amides is 2. The van der Waals surface area contributed by atoms with Crippen molar-refractivity contribution in [2.75, 3.05) is 18.5 Å². The maximum absolute atomic E-state index is 12.1. The minimum absolute atomic E-state index is 0.0632. The van der Waals surface area contributed by atoms with E-state index >= 15 is 0 Å². The maximum atomic E-state index is 12.1. The zero-order valence-corrected chi connectivity index (χ0v) is 12.3. The van der Waals surface area contributed by atoms with Crippen molar-refractivity contribution in [3.05, 3.63) is 28.2 Å². The van der Waals surface area contributed by atoms with Crippen molar-refractivity contribution < 1.29 is 19.8 Å². The number of rotatable bonds is 3. The molecule has 1 aliphatic rings. The van der Waals surface area contributed by atoms with Gasteiger partial charge in [0.1, 0.15) is 0 Å². The summed E-state index contributed by atoms with van der Waals surface area (Å²) in [5.41, 5.74) is 0.500. The molecule has 0 aliphatic carbocycles. The Balaban J connectivity index is 2.13. The molecule has 1 heterocycles. The van der Waals surface area contributed by atoms with E-state index in [1.165, 1.54) is 12.1 Å². The molecule has 1 aliphatic heterocycles. The van der Waals surface area contributed by atoms with E-state index in [9.17, 15) is 14.7 Å². The number of hydrogen-bond donors (Lipinski definition) is 3. The second kappa shape index (κ2) is 6.23. The summed E-state index contributed by atoms with van der Waals surface area (Å²) in [6.45, 7) is 0.531. The lowest BCUT2D eigenvalue weighted by Gasteiger charge is -2.23. The number of carbonyl (C=O) groups excluding carboxylic acids is 1. The van der Waals surface area contributed by atoms with Crippen LogP contribution in [0.4, 0.5) is 10.5 Å². The SMILES string of the molecule is O=C(O)c1cc(Br)cc(NC(=O)N2CCCC2CO)c1. The maximum Gasteiger partial charge on any atom is 0.335 e. The molecule has 3 N–H and O–H groups in total. The number of benzene rings is 1. The number of nitrogens with zero attached hydrogens (tertiary/aromatic N) is 1. The van der Waals surface area contributed by atoms with Crippen LogP contribution in [0.5, 0.6) is 0 Å². The van der Waals surface area contributed by atoms with Crippen LogP contribution < -0.4 is 5.32 Å². The van der Waals surface area contributed by atoms with Gasteiger partial charge in [-0.15, -0.1) is 0 Å². The van der Waals surface area contributed by atoms with Crippen molar-refractivity contribution >= 4 is 33.6 Å². The summed E-state index contributed by atoms with van der Waals surface area (Å²) in [6, 6.07) is 4.00. The molecule has 0 radical (unpaired) electrons. The van der Waals surface area contributed by atoms with Gasteiger partial charge >= 0.3 is 12.0 Å². The van der Waals surface area contributed by atoms with Crippen molar-refractivity contribution in [1.82, 2.24) is 4.90 Å². The molecule has 0 saturated carbocycles. The fourth-order valence-electron chi connectivity index (χ4n) is 2.27. The van der Waals surface area contributed by atoms with Gasteiger partial charge in [0.15, 0.2) is 0 Å². The lowest BCUT2D eigenvalue weighted by molar-refractivity contribution is 0.0696. The Bertz CT molecular complexity index is 535. The number of carboxylic acid groups (broad SMARTS) is 1. The number of likely N-dealkylation sites (tertiary alicyclic amines) is 1. The van der Waals surface area contributed by atoms with Gasteiger partial charge in [-0.1, -0.05) is 15.9 Å². The molecular weight excluding hydrogens is 328 g/mol. The molecule has 0 spiro atoms. The zero-order valence-electron chi connectivity index (χ0n) is 10.7. The highest BCUT2D eigenvalue weighted by molar-refractivity contribution is 9.10. The molecule has 0 bridgehead atoms. The second-order valence-corrected chi connectivity index (χ2v) is 5.55. The normalized spacial score (nSPS) is 18.1. The van der Waals surface area contributed by atoms with Gasteiger partial charge in [-0.3, -0.25) is 0 Å². The van der Waals surface area contributed by atoms with Gasteiger partial charge in [0.2, 0.25) is 0 Å². The molecule has 7 heteroatoms. The first-order chi connectivity index (χ1) is 9.51. The van der Waals surface area contributed by atoms with Gasteiger partial charge in [-0.2, -0.15) is 0 Å². The number of hydrogen-bond acceptors (Lipinski definition) is 3. The largest absolute Gasteiger partial charge is 0.478 e. The number of nitrogens with one attached hydrogen (secondary N) is 1. The van der Waals surface area contributed by atoms with Gasteiger partial charge in [-0.25, -0.2) is 9.59 Å². The molecule has 1 atom stereocenters. The van der Waals surface area contributed by atoms with Crippen molar-refractivity contribution in [3.8, 4) is 0 Å². The van der Waals surface area contributed by atoms with E-state index in [4.69, 9.17) is 5.11 Å². The van der Waals surface area contributed by atoms with Gasteiger partial charge in [0.05, 0.1) is 18.2 Å². The molecule has 2 rings (SSSR count). The summed E-state index contributed by atoms with van der Waals surface area (Å²) in [4.78, 5) is 24.7. The number of aliphatic hydroxyl groups excluding tert-OH is 1. The van der Waals surface area contributed by atoms with Crippen LogP contribution in [-0.2, 0) is 0 Å². The molecule has 0 aromatic heterocycles. The first kappa shape index (κ1) is 14.8. The van der Waals surface area contributed by atoms with Crippen LogP contribution in [-0.4, -0.2) is 46.3 Å². The molecule has 108 valence electrons. The first-order valence-corrected chi connectivity index (χ1v) is 7.03. The van der Waals surface area contributed by atoms with Crippen LogP contribution in [0.3, 0.4) is 0 Å². The lowest BCUT2D eigenvalue weighted by atomic mass is 10.2. The van der Waals surface area contributed by atoms with Crippen molar-refractivity contribution in [3.63, 3.8) is 0 Å². The van der Waals surface area contributed by atoms with Crippen LogP contribution in [0.2, 0.25) is 0 Å². The summed E-state index contributed by atoms with van der Waals surface area (Å²) in [5.74, 6) is -1.06. The van der Waals surface area contributed by atoms with Crippen molar-refractivity contribution in [1.29, 1.82) is 0 Å². The summed E-state index contributed by atoms with van der Waals surface area (Å²) in [7, 11) is 0. The highest BCUT2D eigenvalue weighted by Crippen LogP contribution is 2.22. The molecule has 1 aromatic carbocycles. The summed E-state index contributed by atoms with van der Waals surface area (Å²) >= 11 is 3.21. The van der Waals surface area contributed by atoms with E-state index < -0.39 is 5.97 Å². The highest BCUT2D eigenvalue weighted by atomic mass is 79.9. The predicted octanol–water partition coefficient (Wildman–Crippen LogP) is 2.14. The molecular formula is C13H15BrN2O4. The molecule has 1 saturated heterocycles. The smallest absolute Gasteiger partial charge is 0.335 e. The quantitative estimate of drug-likeness (QED) is 0.784. The highest BCUT2D eigenvalue weighted by Gasteiger charge is 2.28. The van der Waals surface area contributed by atoms with Crippen molar-refractivity contribution in [2.24, 2.45) is 0 Å². The lowest BCUT2D eigenvalue weighted by Crippen LogP contribution is -2.40. The number of halogens is 1. The number of aromatic carboxylic acids is 1. The topological polar surface area (TPSA) is 89.9 Å². The van der Waals surface area contributed by atoms with E-state index in [1.54, 1.807) is 11.0 Å². The standard InChI is InChI=1S/C13H15BrN2O4/c14-9-4-8(12(18)19)5-10(6-9)15-13(20)16-3-1-2-11(16)7-17/h4-6,11,17H,1-3,7H2,(H,15,20)(H,18,19).